The smallest absolute Gasteiger partial charge is 0.255 e. The van der Waals surface area contributed by atoms with Crippen molar-refractivity contribution in [3.05, 3.63) is 29.6 Å². The van der Waals surface area contributed by atoms with Gasteiger partial charge in [-0.05, 0) is 25.0 Å². The fraction of sp³-hybridized carbons (Fsp3) is 0.500. The first-order chi connectivity index (χ1) is 13.8. The molecule has 2 fully saturated rings. The van der Waals surface area contributed by atoms with Gasteiger partial charge in [0, 0.05) is 25.5 Å². The first kappa shape index (κ1) is 20.8. The third-order valence-corrected chi connectivity index (χ3v) is 5.51. The number of rotatable bonds is 6. The summed E-state index contributed by atoms with van der Waals surface area (Å²) in [6.45, 7) is 0.168. The van der Waals surface area contributed by atoms with E-state index in [1.807, 2.05) is 0 Å². The molecule has 1 saturated heterocycles. The summed E-state index contributed by atoms with van der Waals surface area (Å²) in [5.74, 6) is -3.51. The SMILES string of the molecule is O=C(CC1CC(=O)NC1=O)NCC1(NC(=O)c2ccc(F)cc2O)CCCCC1. The summed E-state index contributed by atoms with van der Waals surface area (Å²) < 4.78 is 13.2. The molecule has 0 spiro atoms. The van der Waals surface area contributed by atoms with Crippen molar-refractivity contribution in [2.75, 3.05) is 6.54 Å². The Hall–Kier alpha value is -2.97. The molecule has 1 atom stereocenters. The third kappa shape index (κ3) is 5.10. The maximum absolute atomic E-state index is 13.2. The van der Waals surface area contributed by atoms with Crippen LogP contribution in [0.25, 0.3) is 0 Å². The van der Waals surface area contributed by atoms with Gasteiger partial charge in [-0.15, -0.1) is 0 Å². The molecule has 8 nitrogen and oxygen atoms in total. The Morgan fingerprint density at radius 1 is 1.21 bits per heavy atom. The van der Waals surface area contributed by atoms with Gasteiger partial charge in [0.1, 0.15) is 11.6 Å². The lowest BCUT2D eigenvalue weighted by Gasteiger charge is -2.38. The molecule has 29 heavy (non-hydrogen) atoms. The summed E-state index contributed by atoms with van der Waals surface area (Å²) in [6, 6.07) is 3.18. The average molecular weight is 405 g/mol. The average Bonchev–Trinajstić information content (AvgIpc) is 2.97. The van der Waals surface area contributed by atoms with E-state index in [9.17, 15) is 28.7 Å². The van der Waals surface area contributed by atoms with Gasteiger partial charge < -0.3 is 15.7 Å². The van der Waals surface area contributed by atoms with Crippen LogP contribution in [0.4, 0.5) is 4.39 Å². The first-order valence-corrected chi connectivity index (χ1v) is 9.69. The van der Waals surface area contributed by atoms with Crippen LogP contribution in [0.3, 0.4) is 0 Å². The van der Waals surface area contributed by atoms with E-state index in [0.717, 1.165) is 31.4 Å². The zero-order valence-electron chi connectivity index (χ0n) is 15.9. The molecular formula is C20H24FN3O5. The van der Waals surface area contributed by atoms with Crippen LogP contribution in [-0.4, -0.2) is 40.8 Å². The Labute approximate surface area is 167 Å². The molecule has 4 amide bonds. The molecule has 1 unspecified atom stereocenters. The standard InChI is InChI=1S/C20H24FN3O5/c21-13-4-5-14(15(25)10-13)19(29)24-20(6-2-1-3-7-20)11-22-16(26)8-12-9-17(27)23-18(12)28/h4-5,10,12,25H,1-3,6-9,11H2,(H,22,26)(H,24,29)(H,23,27,28). The molecule has 1 aromatic carbocycles. The molecule has 3 rings (SSSR count). The highest BCUT2D eigenvalue weighted by molar-refractivity contribution is 6.04. The van der Waals surface area contributed by atoms with E-state index >= 15 is 0 Å². The minimum Gasteiger partial charge on any atom is -0.507 e. The van der Waals surface area contributed by atoms with Crippen LogP contribution in [0.2, 0.25) is 0 Å². The molecule has 1 aliphatic carbocycles. The topological polar surface area (TPSA) is 125 Å². The van der Waals surface area contributed by atoms with Gasteiger partial charge in [0.15, 0.2) is 0 Å². The van der Waals surface area contributed by atoms with Crippen molar-refractivity contribution in [2.24, 2.45) is 5.92 Å². The van der Waals surface area contributed by atoms with Crippen LogP contribution in [0.5, 0.6) is 5.75 Å². The largest absolute Gasteiger partial charge is 0.507 e. The van der Waals surface area contributed by atoms with Crippen LogP contribution in [0.15, 0.2) is 18.2 Å². The first-order valence-electron chi connectivity index (χ1n) is 9.69. The number of aromatic hydroxyl groups is 1. The van der Waals surface area contributed by atoms with Crippen molar-refractivity contribution in [1.29, 1.82) is 0 Å². The van der Waals surface area contributed by atoms with Gasteiger partial charge in [0.2, 0.25) is 17.7 Å². The molecule has 1 aliphatic heterocycles. The maximum atomic E-state index is 13.2. The van der Waals surface area contributed by atoms with Crippen molar-refractivity contribution in [3.8, 4) is 5.75 Å². The highest BCUT2D eigenvalue weighted by Crippen LogP contribution is 2.29. The predicted octanol–water partition coefficient (Wildman–Crippen LogP) is 1.13. The summed E-state index contributed by atoms with van der Waals surface area (Å²) in [6.07, 6.45) is 3.93. The van der Waals surface area contributed by atoms with E-state index in [0.29, 0.717) is 12.8 Å². The maximum Gasteiger partial charge on any atom is 0.255 e. The van der Waals surface area contributed by atoms with Gasteiger partial charge in [-0.25, -0.2) is 4.39 Å². The number of carbonyl (C=O) groups is 4. The number of hydrogen-bond acceptors (Lipinski definition) is 5. The van der Waals surface area contributed by atoms with Gasteiger partial charge in [-0.2, -0.15) is 0 Å². The number of benzene rings is 1. The van der Waals surface area contributed by atoms with E-state index < -0.39 is 34.8 Å². The lowest BCUT2D eigenvalue weighted by molar-refractivity contribution is -0.129. The Morgan fingerprint density at radius 3 is 2.55 bits per heavy atom. The van der Waals surface area contributed by atoms with Crippen molar-refractivity contribution in [2.45, 2.75) is 50.5 Å². The molecule has 1 saturated carbocycles. The summed E-state index contributed by atoms with van der Waals surface area (Å²) in [7, 11) is 0. The molecule has 2 aliphatic rings. The molecule has 1 aromatic rings. The molecule has 1 heterocycles. The van der Waals surface area contributed by atoms with Crippen LogP contribution in [0, 0.1) is 11.7 Å². The zero-order chi connectivity index (χ0) is 21.0. The second-order valence-corrected chi connectivity index (χ2v) is 7.75. The monoisotopic (exact) mass is 405 g/mol. The quantitative estimate of drug-likeness (QED) is 0.528. The van der Waals surface area contributed by atoms with Crippen molar-refractivity contribution < 1.29 is 28.7 Å². The summed E-state index contributed by atoms with van der Waals surface area (Å²) in [4.78, 5) is 47.8. The number of halogens is 1. The number of amides is 4. The van der Waals surface area contributed by atoms with Gasteiger partial charge >= 0.3 is 0 Å². The van der Waals surface area contributed by atoms with E-state index in [2.05, 4.69) is 16.0 Å². The van der Waals surface area contributed by atoms with Crippen LogP contribution >= 0.6 is 0 Å². The number of nitrogens with one attached hydrogen (secondary N) is 3. The normalized spacial score (nSPS) is 20.8. The van der Waals surface area contributed by atoms with Crippen LogP contribution < -0.4 is 16.0 Å². The van der Waals surface area contributed by atoms with E-state index in [1.54, 1.807) is 0 Å². The van der Waals surface area contributed by atoms with Crippen LogP contribution in [-0.2, 0) is 14.4 Å². The minimum atomic E-state index is -0.695. The molecule has 0 bridgehead atoms. The van der Waals surface area contributed by atoms with Crippen molar-refractivity contribution in [1.82, 2.24) is 16.0 Å². The fourth-order valence-corrected chi connectivity index (χ4v) is 3.92. The summed E-state index contributed by atoms with van der Waals surface area (Å²) >= 11 is 0. The number of imide groups is 1. The van der Waals surface area contributed by atoms with Gasteiger partial charge in [0.05, 0.1) is 17.0 Å². The van der Waals surface area contributed by atoms with E-state index in [4.69, 9.17) is 0 Å². The minimum absolute atomic E-state index is 0.00201. The predicted molar refractivity (Wildman–Crippen MR) is 100 cm³/mol. The van der Waals surface area contributed by atoms with E-state index in [1.165, 1.54) is 6.07 Å². The number of hydrogen-bond donors (Lipinski definition) is 4. The number of phenolic OH excluding ortho intramolecular Hbond substituents is 1. The Morgan fingerprint density at radius 2 is 1.93 bits per heavy atom. The molecule has 4 N–H and O–H groups in total. The van der Waals surface area contributed by atoms with Gasteiger partial charge in [0.25, 0.3) is 5.91 Å². The van der Waals surface area contributed by atoms with E-state index in [-0.39, 0.29) is 36.8 Å². The molecule has 9 heteroatoms. The lowest BCUT2D eigenvalue weighted by atomic mass is 9.81. The Bertz CT molecular complexity index is 835. The van der Waals surface area contributed by atoms with Gasteiger partial charge in [-0.3, -0.25) is 24.5 Å². The molecule has 0 aromatic heterocycles. The van der Waals surface area contributed by atoms with Crippen molar-refractivity contribution >= 4 is 23.6 Å². The number of phenols is 1. The highest BCUT2D eigenvalue weighted by Gasteiger charge is 2.36. The number of carbonyl (C=O) groups excluding carboxylic acids is 4. The van der Waals surface area contributed by atoms with Crippen molar-refractivity contribution in [3.63, 3.8) is 0 Å². The molecule has 156 valence electrons. The third-order valence-electron chi connectivity index (χ3n) is 5.51. The zero-order valence-corrected chi connectivity index (χ0v) is 15.9. The summed E-state index contributed by atoms with van der Waals surface area (Å²) in [5, 5.41) is 17.7. The Balaban J connectivity index is 1.63. The highest BCUT2D eigenvalue weighted by atomic mass is 19.1. The molecular weight excluding hydrogens is 381 g/mol. The fourth-order valence-electron chi connectivity index (χ4n) is 3.92. The lowest BCUT2D eigenvalue weighted by Crippen LogP contribution is -2.56. The van der Waals surface area contributed by atoms with Crippen LogP contribution in [0.1, 0.15) is 55.3 Å². The Kier molecular flexibility index (Phi) is 6.14. The van der Waals surface area contributed by atoms with Gasteiger partial charge in [-0.1, -0.05) is 19.3 Å². The second-order valence-electron chi connectivity index (χ2n) is 7.75. The second kappa shape index (κ2) is 8.59. The molecule has 0 radical (unpaired) electrons. The summed E-state index contributed by atoms with van der Waals surface area (Å²) in [5.41, 5.74) is -0.733.